The van der Waals surface area contributed by atoms with Gasteiger partial charge in [-0.1, -0.05) is 35.1 Å². The van der Waals surface area contributed by atoms with Gasteiger partial charge in [-0.15, -0.1) is 10.2 Å². The SMILES string of the molecule is CS(=O)(=O)Nc1nnc(NC(=O)/C=C/c2ccc(Cl)cc2)s1. The Kier molecular flexibility index (Phi) is 5.11. The number of benzene rings is 1. The van der Waals surface area contributed by atoms with Crippen LogP contribution in [0.5, 0.6) is 0 Å². The van der Waals surface area contributed by atoms with Crippen molar-refractivity contribution in [2.75, 3.05) is 16.3 Å². The Balaban J connectivity index is 1.96. The molecule has 0 spiro atoms. The van der Waals surface area contributed by atoms with E-state index in [-0.39, 0.29) is 10.3 Å². The van der Waals surface area contributed by atoms with Crippen LogP contribution in [0, 0.1) is 0 Å². The van der Waals surface area contributed by atoms with Crippen molar-refractivity contribution in [3.63, 3.8) is 0 Å². The summed E-state index contributed by atoms with van der Waals surface area (Å²) < 4.78 is 24.2. The van der Waals surface area contributed by atoms with E-state index in [2.05, 4.69) is 20.2 Å². The number of rotatable bonds is 5. The van der Waals surface area contributed by atoms with Gasteiger partial charge in [-0.3, -0.25) is 14.8 Å². The second kappa shape index (κ2) is 6.86. The number of carbonyl (C=O) groups excluding carboxylic acids is 1. The molecule has 0 bridgehead atoms. The molecule has 0 radical (unpaired) electrons. The fourth-order valence-electron chi connectivity index (χ4n) is 1.37. The zero-order valence-electron chi connectivity index (χ0n) is 11.3. The van der Waals surface area contributed by atoms with E-state index in [4.69, 9.17) is 11.6 Å². The normalized spacial score (nSPS) is 11.5. The molecule has 7 nitrogen and oxygen atoms in total. The topological polar surface area (TPSA) is 101 Å². The third-order valence-corrected chi connectivity index (χ3v) is 3.92. The van der Waals surface area contributed by atoms with Crippen LogP contribution in [0.2, 0.25) is 5.02 Å². The second-order valence-electron chi connectivity index (χ2n) is 4.16. The molecule has 2 aromatic rings. The average Bonchev–Trinajstić information content (AvgIpc) is 2.83. The summed E-state index contributed by atoms with van der Waals surface area (Å²) in [5, 5.41) is 10.6. The van der Waals surface area contributed by atoms with Gasteiger partial charge in [-0.05, 0) is 23.8 Å². The van der Waals surface area contributed by atoms with Crippen LogP contribution in [0.1, 0.15) is 5.56 Å². The van der Waals surface area contributed by atoms with E-state index in [1.165, 1.54) is 6.08 Å². The van der Waals surface area contributed by atoms with E-state index >= 15 is 0 Å². The van der Waals surface area contributed by atoms with Gasteiger partial charge in [0.25, 0.3) is 0 Å². The summed E-state index contributed by atoms with van der Waals surface area (Å²) in [7, 11) is -3.42. The minimum Gasteiger partial charge on any atom is -0.297 e. The predicted molar refractivity (Wildman–Crippen MR) is 87.5 cm³/mol. The van der Waals surface area contributed by atoms with Crippen LogP contribution in [0.25, 0.3) is 6.08 Å². The van der Waals surface area contributed by atoms with Crippen LogP contribution in [-0.4, -0.2) is 30.8 Å². The Morgan fingerprint density at radius 2 is 1.86 bits per heavy atom. The molecule has 1 heterocycles. The maximum Gasteiger partial charge on any atom is 0.250 e. The Labute approximate surface area is 136 Å². The highest BCUT2D eigenvalue weighted by atomic mass is 35.5. The van der Waals surface area contributed by atoms with Crippen molar-refractivity contribution in [1.29, 1.82) is 0 Å². The van der Waals surface area contributed by atoms with Crippen LogP contribution in [0.4, 0.5) is 10.3 Å². The van der Waals surface area contributed by atoms with Crippen molar-refractivity contribution in [3.05, 3.63) is 40.9 Å². The molecule has 1 aromatic carbocycles. The van der Waals surface area contributed by atoms with Crippen molar-refractivity contribution < 1.29 is 13.2 Å². The minimum atomic E-state index is -3.42. The van der Waals surface area contributed by atoms with Gasteiger partial charge in [-0.25, -0.2) is 8.42 Å². The lowest BCUT2D eigenvalue weighted by Crippen LogP contribution is -2.09. The molecule has 0 fully saturated rings. The average molecular weight is 359 g/mol. The highest BCUT2D eigenvalue weighted by Gasteiger charge is 2.09. The number of nitrogens with zero attached hydrogens (tertiary/aromatic N) is 2. The van der Waals surface area contributed by atoms with E-state index < -0.39 is 15.9 Å². The smallest absolute Gasteiger partial charge is 0.250 e. The number of halogens is 1. The molecule has 0 aliphatic carbocycles. The van der Waals surface area contributed by atoms with Gasteiger partial charge in [0.05, 0.1) is 6.26 Å². The molecule has 0 aliphatic rings. The summed E-state index contributed by atoms with van der Waals surface area (Å²) in [4.78, 5) is 11.7. The van der Waals surface area contributed by atoms with Gasteiger partial charge in [0, 0.05) is 11.1 Å². The number of nitrogens with one attached hydrogen (secondary N) is 2. The van der Waals surface area contributed by atoms with Crippen molar-refractivity contribution in [2.24, 2.45) is 0 Å². The summed E-state index contributed by atoms with van der Waals surface area (Å²) in [6.07, 6.45) is 3.94. The maximum atomic E-state index is 11.7. The van der Waals surface area contributed by atoms with Crippen LogP contribution >= 0.6 is 22.9 Å². The lowest BCUT2D eigenvalue weighted by molar-refractivity contribution is -0.111. The molecule has 2 N–H and O–H groups in total. The van der Waals surface area contributed by atoms with Crippen molar-refractivity contribution >= 4 is 55.2 Å². The van der Waals surface area contributed by atoms with Gasteiger partial charge < -0.3 is 0 Å². The maximum absolute atomic E-state index is 11.7. The van der Waals surface area contributed by atoms with Gasteiger partial charge in [-0.2, -0.15) is 0 Å². The minimum absolute atomic E-state index is 0.0829. The molecule has 0 aliphatic heterocycles. The Bertz CT molecular complexity index is 800. The number of hydrogen-bond acceptors (Lipinski definition) is 6. The standard InChI is InChI=1S/C12H11ClN4O3S2/c1-22(19,20)17-12-16-15-11(21-12)14-10(18)7-4-8-2-5-9(13)6-3-8/h2-7H,1H3,(H,16,17)(H,14,15,18)/b7-4+. The summed E-state index contributed by atoms with van der Waals surface area (Å²) in [6, 6.07) is 6.97. The predicted octanol–water partition coefficient (Wildman–Crippen LogP) is 2.21. The molecule has 0 atom stereocenters. The molecule has 1 amide bonds. The summed E-state index contributed by atoms with van der Waals surface area (Å²) >= 11 is 6.68. The zero-order chi connectivity index (χ0) is 16.2. The molecule has 116 valence electrons. The fraction of sp³-hybridized carbons (Fsp3) is 0.0833. The molecule has 22 heavy (non-hydrogen) atoms. The van der Waals surface area contributed by atoms with Crippen molar-refractivity contribution in [1.82, 2.24) is 10.2 Å². The molecule has 2 rings (SSSR count). The van der Waals surface area contributed by atoms with Crippen molar-refractivity contribution in [2.45, 2.75) is 0 Å². The number of sulfonamides is 1. The van der Waals surface area contributed by atoms with E-state index in [9.17, 15) is 13.2 Å². The Hall–Kier alpha value is -1.97. The first-order valence-corrected chi connectivity index (χ1v) is 8.96. The lowest BCUT2D eigenvalue weighted by Gasteiger charge is -1.96. The summed E-state index contributed by atoms with van der Waals surface area (Å²) in [6.45, 7) is 0. The second-order valence-corrected chi connectivity index (χ2v) is 7.32. The molecule has 1 aromatic heterocycles. The Morgan fingerprint density at radius 3 is 2.50 bits per heavy atom. The first-order valence-electron chi connectivity index (χ1n) is 5.88. The Morgan fingerprint density at radius 1 is 1.23 bits per heavy atom. The third-order valence-electron chi connectivity index (χ3n) is 2.23. The molecule has 0 unspecified atom stereocenters. The van der Waals surface area contributed by atoms with E-state index in [0.29, 0.717) is 5.02 Å². The number of hydrogen-bond donors (Lipinski definition) is 2. The van der Waals surface area contributed by atoms with Crippen LogP contribution < -0.4 is 10.0 Å². The first-order chi connectivity index (χ1) is 10.3. The fourth-order valence-corrected chi connectivity index (χ4v) is 2.97. The molecular formula is C12H11ClN4O3S2. The number of carbonyl (C=O) groups is 1. The highest BCUT2D eigenvalue weighted by Crippen LogP contribution is 2.20. The summed E-state index contributed by atoms with van der Waals surface area (Å²) in [5.41, 5.74) is 0.816. The largest absolute Gasteiger partial charge is 0.297 e. The van der Waals surface area contributed by atoms with E-state index in [1.54, 1.807) is 30.3 Å². The highest BCUT2D eigenvalue weighted by molar-refractivity contribution is 7.92. The monoisotopic (exact) mass is 358 g/mol. The quantitative estimate of drug-likeness (QED) is 0.798. The van der Waals surface area contributed by atoms with Gasteiger partial charge in [0.15, 0.2) is 0 Å². The van der Waals surface area contributed by atoms with Crippen LogP contribution in [0.15, 0.2) is 30.3 Å². The molecule has 0 saturated heterocycles. The molecular weight excluding hydrogens is 348 g/mol. The first kappa shape index (κ1) is 16.4. The van der Waals surface area contributed by atoms with Gasteiger partial charge in [0.2, 0.25) is 26.2 Å². The number of aromatic nitrogens is 2. The van der Waals surface area contributed by atoms with Crippen LogP contribution in [-0.2, 0) is 14.8 Å². The number of amides is 1. The van der Waals surface area contributed by atoms with E-state index in [0.717, 1.165) is 23.2 Å². The molecule has 10 heteroatoms. The van der Waals surface area contributed by atoms with Gasteiger partial charge in [0.1, 0.15) is 0 Å². The van der Waals surface area contributed by atoms with E-state index in [1.807, 2.05) is 0 Å². The van der Waals surface area contributed by atoms with Crippen LogP contribution in [0.3, 0.4) is 0 Å². The zero-order valence-corrected chi connectivity index (χ0v) is 13.7. The third kappa shape index (κ3) is 5.43. The lowest BCUT2D eigenvalue weighted by atomic mass is 10.2. The molecule has 0 saturated carbocycles. The number of anilines is 2. The van der Waals surface area contributed by atoms with Crippen molar-refractivity contribution in [3.8, 4) is 0 Å². The van der Waals surface area contributed by atoms with Gasteiger partial charge >= 0.3 is 0 Å². The summed E-state index contributed by atoms with van der Waals surface area (Å²) in [5.74, 6) is -0.406.